The van der Waals surface area contributed by atoms with Gasteiger partial charge in [-0.1, -0.05) is 97.0 Å². The van der Waals surface area contributed by atoms with Gasteiger partial charge in [0.05, 0.1) is 12.3 Å². The first-order valence-electron chi connectivity index (χ1n) is 12.1. The highest BCUT2D eigenvalue weighted by atomic mass is 16.5. The molecule has 0 radical (unpaired) electrons. The zero-order valence-electron chi connectivity index (χ0n) is 18.6. The van der Waals surface area contributed by atoms with Crippen molar-refractivity contribution in [3.05, 3.63) is 12.2 Å². The topological polar surface area (TPSA) is 43.4 Å². The lowest BCUT2D eigenvalue weighted by Crippen LogP contribution is -2.22. The Bertz CT molecular complexity index is 441. The van der Waals surface area contributed by atoms with Crippen LogP contribution in [-0.2, 0) is 14.3 Å². The number of hydrogen-bond donors (Lipinski definition) is 0. The Kier molecular flexibility index (Phi) is 15.0. The normalized spacial score (nSPS) is 19.4. The third-order valence-electron chi connectivity index (χ3n) is 5.79. The monoisotopic (exact) mass is 392 g/mol. The maximum Gasteiger partial charge on any atom is 0.307 e. The summed E-state index contributed by atoms with van der Waals surface area (Å²) in [4.78, 5) is 24.2. The second-order valence-electron chi connectivity index (χ2n) is 8.44. The fourth-order valence-corrected chi connectivity index (χ4v) is 3.94. The van der Waals surface area contributed by atoms with Gasteiger partial charge in [-0.2, -0.15) is 0 Å². The molecule has 0 N–H and O–H groups in total. The molecule has 0 aliphatic carbocycles. The summed E-state index contributed by atoms with van der Waals surface area (Å²) in [5.41, 5.74) is 0. The second kappa shape index (κ2) is 16.8. The van der Waals surface area contributed by atoms with E-state index in [1.54, 1.807) is 0 Å². The Balaban J connectivity index is 2.10. The number of rotatable bonds is 18. The van der Waals surface area contributed by atoms with Crippen LogP contribution >= 0.6 is 0 Å². The summed E-state index contributed by atoms with van der Waals surface area (Å²) in [6, 6.07) is 0. The van der Waals surface area contributed by atoms with E-state index < -0.39 is 0 Å². The molecule has 0 unspecified atom stereocenters. The van der Waals surface area contributed by atoms with Crippen LogP contribution in [0.15, 0.2) is 12.2 Å². The fourth-order valence-electron chi connectivity index (χ4n) is 3.94. The average molecular weight is 393 g/mol. The van der Waals surface area contributed by atoms with Gasteiger partial charge in [0.15, 0.2) is 0 Å². The van der Waals surface area contributed by atoms with E-state index in [-0.39, 0.29) is 30.2 Å². The lowest BCUT2D eigenvalue weighted by atomic mass is 9.92. The fraction of sp³-hybridized carbons (Fsp3) is 0.840. The van der Waals surface area contributed by atoms with Gasteiger partial charge in [0, 0.05) is 6.42 Å². The molecule has 3 heteroatoms. The molecule has 0 aromatic rings. The number of hydrogen-bond acceptors (Lipinski definition) is 3. The van der Waals surface area contributed by atoms with Crippen molar-refractivity contribution in [3.8, 4) is 0 Å². The lowest BCUT2D eigenvalue weighted by molar-refractivity contribution is -0.140. The number of carbonyl (C=O) groups is 2. The van der Waals surface area contributed by atoms with Crippen molar-refractivity contribution in [1.29, 1.82) is 0 Å². The molecule has 1 rings (SSSR count). The molecule has 1 aliphatic rings. The summed E-state index contributed by atoms with van der Waals surface area (Å²) >= 11 is 0. The van der Waals surface area contributed by atoms with Crippen molar-refractivity contribution >= 4 is 11.8 Å². The van der Waals surface area contributed by atoms with Gasteiger partial charge in [0.25, 0.3) is 0 Å². The van der Waals surface area contributed by atoms with E-state index in [1.807, 2.05) is 6.08 Å². The molecular weight excluding hydrogens is 348 g/mol. The molecule has 3 nitrogen and oxygen atoms in total. The van der Waals surface area contributed by atoms with Crippen LogP contribution in [0.5, 0.6) is 0 Å². The Labute approximate surface area is 173 Å². The molecular formula is C25H44O3. The Morgan fingerprint density at radius 2 is 1.39 bits per heavy atom. The third-order valence-corrected chi connectivity index (χ3v) is 5.79. The summed E-state index contributed by atoms with van der Waals surface area (Å²) in [6.45, 7) is 4.44. The first kappa shape index (κ1) is 24.9. The van der Waals surface area contributed by atoms with Crippen LogP contribution in [0.1, 0.15) is 123 Å². The first-order valence-corrected chi connectivity index (χ1v) is 12.1. The minimum atomic E-state index is -0.325. The quantitative estimate of drug-likeness (QED) is 0.139. The van der Waals surface area contributed by atoms with Crippen LogP contribution in [0.2, 0.25) is 0 Å². The summed E-state index contributed by atoms with van der Waals surface area (Å²) in [6.07, 6.45) is 23.3. The molecule has 0 aromatic heterocycles. The van der Waals surface area contributed by atoms with Crippen molar-refractivity contribution < 1.29 is 14.3 Å². The van der Waals surface area contributed by atoms with Gasteiger partial charge in [0.1, 0.15) is 11.9 Å². The number of unbranched alkanes of at least 4 members (excludes halogenated alkanes) is 13. The molecule has 0 spiro atoms. The summed E-state index contributed by atoms with van der Waals surface area (Å²) < 4.78 is 5.36. The Morgan fingerprint density at radius 1 is 0.857 bits per heavy atom. The largest absolute Gasteiger partial charge is 0.457 e. The van der Waals surface area contributed by atoms with Crippen LogP contribution in [0.4, 0.5) is 0 Å². The predicted molar refractivity (Wildman–Crippen MR) is 117 cm³/mol. The van der Waals surface area contributed by atoms with Crippen molar-refractivity contribution in [1.82, 2.24) is 0 Å². The molecule has 28 heavy (non-hydrogen) atoms. The molecule has 1 saturated heterocycles. The molecule has 2 atom stereocenters. The zero-order chi connectivity index (χ0) is 20.5. The van der Waals surface area contributed by atoms with Crippen LogP contribution < -0.4 is 0 Å². The van der Waals surface area contributed by atoms with E-state index >= 15 is 0 Å². The number of cyclic esters (lactones) is 1. The van der Waals surface area contributed by atoms with E-state index in [4.69, 9.17) is 4.74 Å². The molecule has 0 aromatic carbocycles. The average Bonchev–Trinajstić information content (AvgIpc) is 3.06. The first-order chi connectivity index (χ1) is 13.7. The van der Waals surface area contributed by atoms with Crippen molar-refractivity contribution in [2.45, 2.75) is 129 Å². The number of Topliss-reactive ketones (excluding diaryl/α,β-unsaturated/α-hetero) is 1. The van der Waals surface area contributed by atoms with E-state index in [2.05, 4.69) is 19.9 Å². The van der Waals surface area contributed by atoms with Gasteiger partial charge in [-0.15, -0.1) is 0 Å². The molecule has 0 saturated carbocycles. The van der Waals surface area contributed by atoms with Gasteiger partial charge in [-0.05, 0) is 25.3 Å². The maximum absolute atomic E-state index is 12.5. The van der Waals surface area contributed by atoms with Gasteiger partial charge in [-0.25, -0.2) is 0 Å². The number of ketones is 1. The molecule has 162 valence electrons. The second-order valence-corrected chi connectivity index (χ2v) is 8.44. The van der Waals surface area contributed by atoms with Gasteiger partial charge >= 0.3 is 5.97 Å². The van der Waals surface area contributed by atoms with Gasteiger partial charge < -0.3 is 4.74 Å². The van der Waals surface area contributed by atoms with E-state index in [0.29, 0.717) is 6.42 Å². The van der Waals surface area contributed by atoms with Crippen LogP contribution in [0, 0.1) is 5.92 Å². The SMILES string of the molecule is CCCCC/C=C/[C@@H]1OC(=O)C[C@H]1C(=O)CCCCCCCCCCCCC. The van der Waals surface area contributed by atoms with Crippen LogP contribution in [0.25, 0.3) is 0 Å². The van der Waals surface area contributed by atoms with Gasteiger partial charge in [-0.3, -0.25) is 9.59 Å². The van der Waals surface area contributed by atoms with Crippen molar-refractivity contribution in [2.24, 2.45) is 5.92 Å². The highest BCUT2D eigenvalue weighted by Gasteiger charge is 2.37. The summed E-state index contributed by atoms with van der Waals surface area (Å²) in [5.74, 6) is -0.261. The highest BCUT2D eigenvalue weighted by molar-refractivity contribution is 5.88. The molecule has 1 fully saturated rings. The minimum Gasteiger partial charge on any atom is -0.457 e. The highest BCUT2D eigenvalue weighted by Crippen LogP contribution is 2.26. The molecule has 1 aliphatic heterocycles. The van der Waals surface area contributed by atoms with Crippen LogP contribution in [-0.4, -0.2) is 17.9 Å². The number of allylic oxidation sites excluding steroid dienone is 1. The van der Waals surface area contributed by atoms with E-state index in [0.717, 1.165) is 25.7 Å². The standard InChI is InChI=1S/C25H44O3/c1-3-5-7-9-10-11-12-13-14-16-17-19-23(26)22-21-25(27)28-24(22)20-18-15-8-6-4-2/h18,20,22,24H,3-17,19,21H2,1-2H3/b20-18+/t22-,24-/m0/s1. The minimum absolute atomic E-state index is 0.213. The number of ether oxygens (including phenoxy) is 1. The Morgan fingerprint density at radius 3 is 2.00 bits per heavy atom. The molecule has 0 bridgehead atoms. The zero-order valence-corrected chi connectivity index (χ0v) is 18.6. The maximum atomic E-state index is 12.5. The summed E-state index contributed by atoms with van der Waals surface area (Å²) in [5, 5.41) is 0. The summed E-state index contributed by atoms with van der Waals surface area (Å²) in [7, 11) is 0. The molecule has 0 amide bonds. The van der Waals surface area contributed by atoms with Gasteiger partial charge in [0.2, 0.25) is 0 Å². The van der Waals surface area contributed by atoms with Crippen molar-refractivity contribution in [3.63, 3.8) is 0 Å². The smallest absolute Gasteiger partial charge is 0.307 e. The lowest BCUT2D eigenvalue weighted by Gasteiger charge is -2.13. The third kappa shape index (κ3) is 11.7. The van der Waals surface area contributed by atoms with Crippen LogP contribution in [0.3, 0.4) is 0 Å². The van der Waals surface area contributed by atoms with E-state index in [9.17, 15) is 9.59 Å². The predicted octanol–water partition coefficient (Wildman–Crippen LogP) is 7.32. The molecule has 1 heterocycles. The van der Waals surface area contributed by atoms with E-state index in [1.165, 1.54) is 70.6 Å². The van der Waals surface area contributed by atoms with Crippen molar-refractivity contribution in [2.75, 3.05) is 0 Å². The Hall–Kier alpha value is -1.12. The number of carbonyl (C=O) groups excluding carboxylic acids is 2. The number of esters is 1.